The monoisotopic (exact) mass is 207 g/mol. The number of likely N-dealkylation sites (tertiary alicyclic amines) is 1. The molecule has 0 saturated carbocycles. The Labute approximate surface area is 91.8 Å². The molecule has 15 heavy (non-hydrogen) atoms. The lowest BCUT2D eigenvalue weighted by Gasteiger charge is -2.34. The Morgan fingerprint density at radius 2 is 2.00 bits per heavy atom. The van der Waals surface area contributed by atoms with Gasteiger partial charge in [-0.25, -0.2) is 0 Å². The molecule has 84 valence electrons. The summed E-state index contributed by atoms with van der Waals surface area (Å²) in [6.07, 6.45) is 11.6. The molecular formula is C12H21N3. The molecule has 1 fully saturated rings. The number of rotatable bonds is 3. The van der Waals surface area contributed by atoms with Gasteiger partial charge in [0.2, 0.25) is 0 Å². The molecule has 0 bridgehead atoms. The van der Waals surface area contributed by atoms with Crippen molar-refractivity contribution in [2.75, 3.05) is 19.6 Å². The molecule has 1 aliphatic carbocycles. The fraction of sp³-hybridized carbons (Fsp3) is 0.667. The van der Waals surface area contributed by atoms with Crippen molar-refractivity contribution in [3.8, 4) is 0 Å². The second kappa shape index (κ2) is 4.47. The van der Waals surface area contributed by atoms with Crippen molar-refractivity contribution < 1.29 is 0 Å². The van der Waals surface area contributed by atoms with E-state index in [1.807, 2.05) is 24.3 Å². The summed E-state index contributed by atoms with van der Waals surface area (Å²) >= 11 is 0. The van der Waals surface area contributed by atoms with E-state index in [0.717, 1.165) is 13.0 Å². The van der Waals surface area contributed by atoms with Gasteiger partial charge in [0.1, 0.15) is 0 Å². The van der Waals surface area contributed by atoms with Gasteiger partial charge in [-0.3, -0.25) is 0 Å². The lowest BCUT2D eigenvalue weighted by Crippen LogP contribution is -2.55. The summed E-state index contributed by atoms with van der Waals surface area (Å²) in [4.78, 5) is 2.48. The molecule has 1 aliphatic heterocycles. The van der Waals surface area contributed by atoms with Crippen LogP contribution in [0.2, 0.25) is 0 Å². The predicted molar refractivity (Wildman–Crippen MR) is 63.5 cm³/mol. The van der Waals surface area contributed by atoms with Crippen molar-refractivity contribution in [2.45, 2.75) is 30.8 Å². The Kier molecular flexibility index (Phi) is 3.24. The smallest absolute Gasteiger partial charge is 0.0544 e. The van der Waals surface area contributed by atoms with Crippen LogP contribution in [0.5, 0.6) is 0 Å². The largest absolute Gasteiger partial charge is 0.323 e. The number of hydrogen-bond donors (Lipinski definition) is 2. The van der Waals surface area contributed by atoms with E-state index < -0.39 is 0 Å². The highest BCUT2D eigenvalue weighted by Crippen LogP contribution is 2.19. The average Bonchev–Trinajstić information content (AvgIpc) is 2.73. The number of nitrogens with two attached hydrogens (primary N) is 2. The molecule has 0 spiro atoms. The minimum Gasteiger partial charge on any atom is -0.323 e. The van der Waals surface area contributed by atoms with Gasteiger partial charge >= 0.3 is 0 Å². The van der Waals surface area contributed by atoms with Crippen LogP contribution in [-0.2, 0) is 0 Å². The summed E-state index contributed by atoms with van der Waals surface area (Å²) in [5.74, 6) is 0. The molecule has 2 aliphatic rings. The summed E-state index contributed by atoms with van der Waals surface area (Å²) < 4.78 is 0. The first-order valence-electron chi connectivity index (χ1n) is 5.83. The average molecular weight is 207 g/mol. The van der Waals surface area contributed by atoms with Crippen LogP contribution in [0, 0.1) is 0 Å². The molecule has 3 nitrogen and oxygen atoms in total. The molecule has 1 saturated heterocycles. The highest BCUT2D eigenvalue weighted by molar-refractivity contribution is 5.26. The van der Waals surface area contributed by atoms with E-state index in [2.05, 4.69) is 4.90 Å². The minimum absolute atomic E-state index is 0.0369. The molecule has 0 aromatic carbocycles. The first-order valence-corrected chi connectivity index (χ1v) is 5.83. The summed E-state index contributed by atoms with van der Waals surface area (Å²) in [7, 11) is 0. The van der Waals surface area contributed by atoms with E-state index in [4.69, 9.17) is 11.5 Å². The summed E-state index contributed by atoms with van der Waals surface area (Å²) in [5, 5.41) is 0. The number of allylic oxidation sites excluding steroid dienone is 2. The SMILES string of the molecule is NC1C=CC=CC1(N)CCN1CCCC1. The zero-order valence-corrected chi connectivity index (χ0v) is 9.23. The number of nitrogens with zero attached hydrogens (tertiary/aromatic N) is 1. The molecule has 0 aromatic heterocycles. The third-order valence-corrected chi connectivity index (χ3v) is 3.52. The zero-order valence-electron chi connectivity index (χ0n) is 9.23. The van der Waals surface area contributed by atoms with E-state index in [0.29, 0.717) is 0 Å². The molecule has 0 aromatic rings. The van der Waals surface area contributed by atoms with Crippen molar-refractivity contribution >= 4 is 0 Å². The third kappa shape index (κ3) is 2.48. The molecule has 1 heterocycles. The van der Waals surface area contributed by atoms with Gasteiger partial charge in [0.25, 0.3) is 0 Å². The van der Waals surface area contributed by atoms with E-state index in [1.165, 1.54) is 25.9 Å². The zero-order chi connectivity index (χ0) is 10.7. The first-order chi connectivity index (χ1) is 7.21. The maximum Gasteiger partial charge on any atom is 0.0544 e. The van der Waals surface area contributed by atoms with Crippen LogP contribution in [0.4, 0.5) is 0 Å². The first kappa shape index (κ1) is 10.9. The van der Waals surface area contributed by atoms with Gasteiger partial charge in [-0.15, -0.1) is 0 Å². The van der Waals surface area contributed by atoms with Crippen LogP contribution < -0.4 is 11.5 Å². The second-order valence-corrected chi connectivity index (χ2v) is 4.68. The van der Waals surface area contributed by atoms with Gasteiger partial charge in [-0.1, -0.05) is 24.3 Å². The fourth-order valence-electron chi connectivity index (χ4n) is 2.32. The minimum atomic E-state index is -0.336. The quantitative estimate of drug-likeness (QED) is 0.713. The fourth-order valence-corrected chi connectivity index (χ4v) is 2.32. The van der Waals surface area contributed by atoms with Gasteiger partial charge in [-0.05, 0) is 32.4 Å². The van der Waals surface area contributed by atoms with E-state index in [-0.39, 0.29) is 11.6 Å². The van der Waals surface area contributed by atoms with Gasteiger partial charge in [0, 0.05) is 12.6 Å². The Balaban J connectivity index is 1.86. The Hall–Kier alpha value is -0.640. The van der Waals surface area contributed by atoms with E-state index in [9.17, 15) is 0 Å². The molecule has 2 atom stereocenters. The van der Waals surface area contributed by atoms with Crippen molar-refractivity contribution in [3.05, 3.63) is 24.3 Å². The standard InChI is InChI=1S/C12H21N3/c13-11-5-1-2-6-12(11,14)7-10-15-8-3-4-9-15/h1-2,5-6,11H,3-4,7-10,13-14H2. The van der Waals surface area contributed by atoms with Gasteiger partial charge in [-0.2, -0.15) is 0 Å². The van der Waals surface area contributed by atoms with Gasteiger partial charge < -0.3 is 16.4 Å². The Morgan fingerprint density at radius 3 is 2.67 bits per heavy atom. The van der Waals surface area contributed by atoms with Crippen LogP contribution in [0.15, 0.2) is 24.3 Å². The van der Waals surface area contributed by atoms with E-state index >= 15 is 0 Å². The normalized spacial score (nSPS) is 36.3. The van der Waals surface area contributed by atoms with Crippen molar-refractivity contribution in [1.82, 2.24) is 4.90 Å². The van der Waals surface area contributed by atoms with Crippen molar-refractivity contribution in [3.63, 3.8) is 0 Å². The van der Waals surface area contributed by atoms with Crippen LogP contribution in [-0.4, -0.2) is 36.1 Å². The third-order valence-electron chi connectivity index (χ3n) is 3.52. The predicted octanol–water partition coefficient (Wildman–Crippen LogP) is 0.623. The lowest BCUT2D eigenvalue weighted by atomic mass is 9.84. The summed E-state index contributed by atoms with van der Waals surface area (Å²) in [6.45, 7) is 3.53. The maximum absolute atomic E-state index is 6.29. The number of hydrogen-bond acceptors (Lipinski definition) is 3. The highest BCUT2D eigenvalue weighted by atomic mass is 15.1. The molecule has 4 N–H and O–H groups in total. The maximum atomic E-state index is 6.29. The van der Waals surface area contributed by atoms with Crippen molar-refractivity contribution in [2.24, 2.45) is 11.5 Å². The highest BCUT2D eigenvalue weighted by Gasteiger charge is 2.30. The van der Waals surface area contributed by atoms with Crippen LogP contribution in [0.3, 0.4) is 0 Å². The summed E-state index contributed by atoms with van der Waals surface area (Å²) in [6, 6.07) is -0.0369. The molecule has 2 rings (SSSR count). The lowest BCUT2D eigenvalue weighted by molar-refractivity contribution is 0.292. The van der Waals surface area contributed by atoms with Crippen LogP contribution in [0.25, 0.3) is 0 Å². The molecule has 0 amide bonds. The van der Waals surface area contributed by atoms with Gasteiger partial charge in [0.05, 0.1) is 5.54 Å². The molecule has 3 heteroatoms. The Morgan fingerprint density at radius 1 is 1.27 bits per heavy atom. The molecular weight excluding hydrogens is 186 g/mol. The molecule has 2 unspecified atom stereocenters. The summed E-state index contributed by atoms with van der Waals surface area (Å²) in [5.41, 5.74) is 12.0. The van der Waals surface area contributed by atoms with Crippen molar-refractivity contribution in [1.29, 1.82) is 0 Å². The van der Waals surface area contributed by atoms with Gasteiger partial charge in [0.15, 0.2) is 0 Å². The van der Waals surface area contributed by atoms with E-state index in [1.54, 1.807) is 0 Å². The molecule has 0 radical (unpaired) electrons. The topological polar surface area (TPSA) is 55.3 Å². The van der Waals surface area contributed by atoms with Crippen LogP contribution >= 0.6 is 0 Å². The Bertz CT molecular complexity index is 266. The van der Waals surface area contributed by atoms with Crippen LogP contribution in [0.1, 0.15) is 19.3 Å². The second-order valence-electron chi connectivity index (χ2n) is 4.68.